The molecule has 30 heavy (non-hydrogen) atoms. The molecule has 152 valence electrons. The summed E-state index contributed by atoms with van der Waals surface area (Å²) >= 11 is 12.0. The molecule has 1 fully saturated rings. The minimum atomic E-state index is -0.907. The third-order valence-corrected chi connectivity index (χ3v) is 5.56. The lowest BCUT2D eigenvalue weighted by Gasteiger charge is -2.23. The highest BCUT2D eigenvalue weighted by atomic mass is 35.5. The Morgan fingerprint density at radius 2 is 1.93 bits per heavy atom. The average molecular weight is 443 g/mol. The van der Waals surface area contributed by atoms with Gasteiger partial charge in [-0.1, -0.05) is 29.3 Å². The Labute approximate surface area is 182 Å². The molecule has 1 N–H and O–H groups in total. The quantitative estimate of drug-likeness (QED) is 0.352. The van der Waals surface area contributed by atoms with Crippen LogP contribution >= 0.6 is 23.2 Å². The molecule has 1 saturated heterocycles. The molecule has 4 rings (SSSR count). The van der Waals surface area contributed by atoms with Crippen LogP contribution in [0.4, 0.5) is 0 Å². The number of aliphatic hydroxyl groups is 1. The first-order valence-electron chi connectivity index (χ1n) is 9.07. The van der Waals surface area contributed by atoms with Crippen molar-refractivity contribution in [1.29, 1.82) is 0 Å². The predicted octanol–water partition coefficient (Wildman–Crippen LogP) is 4.91. The Kier molecular flexibility index (Phi) is 5.37. The molecule has 0 bridgehead atoms. The number of aromatic nitrogens is 1. The van der Waals surface area contributed by atoms with Gasteiger partial charge in [0.25, 0.3) is 11.7 Å². The van der Waals surface area contributed by atoms with Gasteiger partial charge >= 0.3 is 0 Å². The summed E-state index contributed by atoms with van der Waals surface area (Å²) in [7, 11) is 0. The maximum absolute atomic E-state index is 12.9. The third-order valence-electron chi connectivity index (χ3n) is 4.82. The van der Waals surface area contributed by atoms with E-state index in [-0.39, 0.29) is 28.5 Å². The van der Waals surface area contributed by atoms with Gasteiger partial charge in [0.1, 0.15) is 23.3 Å². The number of nitrogens with zero attached hydrogens (tertiary/aromatic N) is 2. The van der Waals surface area contributed by atoms with Crippen LogP contribution in [0.2, 0.25) is 10.0 Å². The number of ketones is 1. The standard InChI is InChI=1S/C22H16Cl2N2O4/c1-12-5-8-17(30-12)19-18(20(27)13-6-7-15(23)16(24)10-13)21(28)22(29)26(19)11-14-4-2-3-9-25-14/h2-10,19,27H,11H2,1H3/b20-18-. The first-order chi connectivity index (χ1) is 14.4. The van der Waals surface area contributed by atoms with E-state index in [1.807, 2.05) is 0 Å². The van der Waals surface area contributed by atoms with Crippen LogP contribution in [0.25, 0.3) is 5.76 Å². The van der Waals surface area contributed by atoms with Gasteiger partial charge in [-0.2, -0.15) is 0 Å². The highest BCUT2D eigenvalue weighted by Crippen LogP contribution is 2.41. The number of carbonyl (C=O) groups is 2. The monoisotopic (exact) mass is 442 g/mol. The van der Waals surface area contributed by atoms with E-state index in [0.717, 1.165) is 0 Å². The highest BCUT2D eigenvalue weighted by molar-refractivity contribution is 6.46. The van der Waals surface area contributed by atoms with Crippen molar-refractivity contribution in [3.8, 4) is 0 Å². The number of rotatable bonds is 4. The summed E-state index contributed by atoms with van der Waals surface area (Å²) in [5, 5.41) is 11.5. The molecule has 8 heteroatoms. The molecular weight excluding hydrogens is 427 g/mol. The molecule has 1 aliphatic heterocycles. The molecule has 0 saturated carbocycles. The molecule has 0 aliphatic carbocycles. The van der Waals surface area contributed by atoms with Crippen LogP contribution < -0.4 is 0 Å². The van der Waals surface area contributed by atoms with Gasteiger partial charge in [0.05, 0.1) is 27.9 Å². The minimum Gasteiger partial charge on any atom is -0.507 e. The molecule has 3 heterocycles. The van der Waals surface area contributed by atoms with Crippen molar-refractivity contribution in [2.75, 3.05) is 0 Å². The summed E-state index contributed by atoms with van der Waals surface area (Å²) < 4.78 is 5.73. The van der Waals surface area contributed by atoms with Gasteiger partial charge in [0.15, 0.2) is 0 Å². The van der Waals surface area contributed by atoms with Crippen LogP contribution in [0.1, 0.15) is 28.8 Å². The number of furan rings is 1. The van der Waals surface area contributed by atoms with E-state index in [9.17, 15) is 14.7 Å². The smallest absolute Gasteiger partial charge is 0.296 e. The first-order valence-corrected chi connectivity index (χ1v) is 9.82. The maximum atomic E-state index is 12.9. The number of amides is 1. The molecule has 0 spiro atoms. The van der Waals surface area contributed by atoms with E-state index in [1.54, 1.807) is 43.5 Å². The van der Waals surface area contributed by atoms with E-state index >= 15 is 0 Å². The van der Waals surface area contributed by atoms with Crippen LogP contribution in [0.15, 0.2) is 64.7 Å². The summed E-state index contributed by atoms with van der Waals surface area (Å²) in [6.07, 6.45) is 1.60. The Morgan fingerprint density at radius 1 is 1.13 bits per heavy atom. The summed E-state index contributed by atoms with van der Waals surface area (Å²) in [4.78, 5) is 31.4. The number of halogens is 2. The zero-order valence-electron chi connectivity index (χ0n) is 15.8. The molecule has 1 aromatic carbocycles. The number of Topliss-reactive ketones (excluding diaryl/α,β-unsaturated/α-hetero) is 1. The predicted molar refractivity (Wildman–Crippen MR) is 112 cm³/mol. The first kappa shape index (κ1) is 20.2. The van der Waals surface area contributed by atoms with E-state index in [4.69, 9.17) is 27.6 Å². The Bertz CT molecular complexity index is 1170. The Balaban J connectivity index is 1.86. The lowest BCUT2D eigenvalue weighted by Crippen LogP contribution is -2.29. The lowest BCUT2D eigenvalue weighted by atomic mass is 9.99. The molecule has 1 atom stereocenters. The summed E-state index contributed by atoms with van der Waals surface area (Å²) in [5.74, 6) is -0.934. The zero-order chi connectivity index (χ0) is 21.4. The second-order valence-corrected chi connectivity index (χ2v) is 7.64. The van der Waals surface area contributed by atoms with Crippen LogP contribution in [-0.2, 0) is 16.1 Å². The highest BCUT2D eigenvalue weighted by Gasteiger charge is 2.47. The third kappa shape index (κ3) is 3.60. The molecule has 1 unspecified atom stereocenters. The van der Waals surface area contributed by atoms with E-state index in [2.05, 4.69) is 4.98 Å². The summed E-state index contributed by atoms with van der Waals surface area (Å²) in [6.45, 7) is 1.83. The molecular formula is C22H16Cl2N2O4. The number of pyridine rings is 1. The van der Waals surface area contributed by atoms with Gasteiger partial charge in [-0.05, 0) is 49.4 Å². The van der Waals surface area contributed by atoms with Gasteiger partial charge in [0.2, 0.25) is 0 Å². The molecule has 6 nitrogen and oxygen atoms in total. The van der Waals surface area contributed by atoms with Crippen molar-refractivity contribution >= 4 is 40.7 Å². The number of carbonyl (C=O) groups excluding carboxylic acids is 2. The van der Waals surface area contributed by atoms with Crippen molar-refractivity contribution in [3.05, 3.63) is 93.1 Å². The molecule has 0 radical (unpaired) electrons. The number of likely N-dealkylation sites (tertiary alicyclic amines) is 1. The van der Waals surface area contributed by atoms with Gasteiger partial charge in [-0.3, -0.25) is 14.6 Å². The van der Waals surface area contributed by atoms with Gasteiger partial charge < -0.3 is 14.4 Å². The summed E-state index contributed by atoms with van der Waals surface area (Å²) in [5.41, 5.74) is 0.791. The van der Waals surface area contributed by atoms with E-state index in [0.29, 0.717) is 22.2 Å². The molecule has 2 aromatic heterocycles. The van der Waals surface area contributed by atoms with Crippen LogP contribution in [0, 0.1) is 6.92 Å². The topological polar surface area (TPSA) is 83.6 Å². The molecule has 1 aliphatic rings. The van der Waals surface area contributed by atoms with Crippen LogP contribution in [-0.4, -0.2) is 26.7 Å². The van der Waals surface area contributed by atoms with Crippen LogP contribution in [0.5, 0.6) is 0 Å². The van der Waals surface area contributed by atoms with Crippen molar-refractivity contribution in [1.82, 2.24) is 9.88 Å². The fraction of sp³-hybridized carbons (Fsp3) is 0.136. The fourth-order valence-electron chi connectivity index (χ4n) is 3.40. The number of aliphatic hydroxyl groups excluding tert-OH is 1. The second kappa shape index (κ2) is 7.97. The number of benzene rings is 1. The normalized spacial score (nSPS) is 18.2. The van der Waals surface area contributed by atoms with Crippen molar-refractivity contribution in [2.24, 2.45) is 0 Å². The zero-order valence-corrected chi connectivity index (χ0v) is 17.3. The van der Waals surface area contributed by atoms with Gasteiger partial charge in [-0.15, -0.1) is 0 Å². The summed E-state index contributed by atoms with van der Waals surface area (Å²) in [6, 6.07) is 12.3. The van der Waals surface area contributed by atoms with Gasteiger partial charge in [0, 0.05) is 11.8 Å². The average Bonchev–Trinajstić information content (AvgIpc) is 3.26. The van der Waals surface area contributed by atoms with Crippen molar-refractivity contribution in [2.45, 2.75) is 19.5 Å². The van der Waals surface area contributed by atoms with E-state index in [1.165, 1.54) is 23.1 Å². The number of hydrogen-bond donors (Lipinski definition) is 1. The SMILES string of the molecule is Cc1ccc(C2/C(=C(/O)c3ccc(Cl)c(Cl)c3)C(=O)C(=O)N2Cc2ccccn2)o1. The minimum absolute atomic E-state index is 0.0774. The fourth-order valence-corrected chi connectivity index (χ4v) is 3.70. The maximum Gasteiger partial charge on any atom is 0.296 e. The molecule has 1 amide bonds. The van der Waals surface area contributed by atoms with Crippen molar-refractivity contribution < 1.29 is 19.1 Å². The Morgan fingerprint density at radius 3 is 2.57 bits per heavy atom. The number of hydrogen-bond acceptors (Lipinski definition) is 5. The lowest BCUT2D eigenvalue weighted by molar-refractivity contribution is -0.140. The number of aryl methyl sites for hydroxylation is 1. The van der Waals surface area contributed by atoms with Crippen molar-refractivity contribution in [3.63, 3.8) is 0 Å². The van der Waals surface area contributed by atoms with Gasteiger partial charge in [-0.25, -0.2) is 0 Å². The molecule has 3 aromatic rings. The second-order valence-electron chi connectivity index (χ2n) is 6.83. The van der Waals surface area contributed by atoms with E-state index < -0.39 is 17.7 Å². The largest absolute Gasteiger partial charge is 0.507 e. The Hall–Kier alpha value is -3.09. The van der Waals surface area contributed by atoms with Crippen LogP contribution in [0.3, 0.4) is 0 Å².